The Morgan fingerprint density at radius 3 is 2.71 bits per heavy atom. The molecular formula is C25H33N5O5. The summed E-state index contributed by atoms with van der Waals surface area (Å²) in [6.07, 6.45) is 5.51. The predicted octanol–water partition coefficient (Wildman–Crippen LogP) is 3.43. The normalized spacial score (nSPS) is 25.3. The summed E-state index contributed by atoms with van der Waals surface area (Å²) in [4.78, 5) is 30.3. The average molecular weight is 484 g/mol. The lowest BCUT2D eigenvalue weighted by molar-refractivity contribution is -0.144. The number of hydrogen-bond donors (Lipinski definition) is 1. The molecule has 35 heavy (non-hydrogen) atoms. The summed E-state index contributed by atoms with van der Waals surface area (Å²) in [6, 6.07) is 3.67. The number of carboxylic acid groups (broad SMARTS) is 1. The lowest BCUT2D eigenvalue weighted by Gasteiger charge is -2.29. The lowest BCUT2D eigenvalue weighted by Crippen LogP contribution is -2.34. The molecule has 0 radical (unpaired) electrons. The van der Waals surface area contributed by atoms with E-state index in [1.165, 1.54) is 19.3 Å². The van der Waals surface area contributed by atoms with Crippen LogP contribution in [0.25, 0.3) is 11.4 Å². The largest absolute Gasteiger partial charge is 0.488 e. The first kappa shape index (κ1) is 23.6. The maximum Gasteiger partial charge on any atom is 0.409 e. The van der Waals surface area contributed by atoms with Gasteiger partial charge in [0, 0.05) is 20.6 Å². The first-order chi connectivity index (χ1) is 16.8. The topological polar surface area (TPSA) is 120 Å². The highest BCUT2D eigenvalue weighted by Gasteiger charge is 2.52. The van der Waals surface area contributed by atoms with Crippen LogP contribution in [0.2, 0.25) is 0 Å². The Morgan fingerprint density at radius 1 is 1.23 bits per heavy atom. The fourth-order valence-electron chi connectivity index (χ4n) is 5.41. The third-order valence-corrected chi connectivity index (χ3v) is 7.81. The zero-order valence-corrected chi connectivity index (χ0v) is 20.5. The fourth-order valence-corrected chi connectivity index (χ4v) is 5.41. The van der Waals surface area contributed by atoms with Crippen LogP contribution in [0.1, 0.15) is 49.9 Å². The first-order valence-electron chi connectivity index (χ1n) is 12.4. The van der Waals surface area contributed by atoms with Crippen molar-refractivity contribution >= 4 is 12.1 Å². The van der Waals surface area contributed by atoms with Crippen molar-refractivity contribution in [3.8, 4) is 17.1 Å². The van der Waals surface area contributed by atoms with Gasteiger partial charge in [-0.2, -0.15) is 0 Å². The van der Waals surface area contributed by atoms with E-state index >= 15 is 0 Å². The maximum atomic E-state index is 12.4. The van der Waals surface area contributed by atoms with Crippen LogP contribution in [0.15, 0.2) is 12.1 Å². The number of carboxylic acids is 1. The maximum absolute atomic E-state index is 12.4. The summed E-state index contributed by atoms with van der Waals surface area (Å²) in [5.74, 6) is 0.960. The average Bonchev–Trinajstić information content (AvgIpc) is 3.49. The zero-order chi connectivity index (χ0) is 24.7. The Balaban J connectivity index is 1.24. The van der Waals surface area contributed by atoms with Gasteiger partial charge in [0.15, 0.2) is 0 Å². The number of aromatic nitrogens is 4. The zero-order valence-electron chi connectivity index (χ0n) is 20.5. The Labute approximate surface area is 204 Å². The van der Waals surface area contributed by atoms with Gasteiger partial charge in [-0.3, -0.25) is 4.79 Å². The third kappa shape index (κ3) is 4.97. The second kappa shape index (κ2) is 9.47. The lowest BCUT2D eigenvalue weighted by atomic mass is 9.85. The van der Waals surface area contributed by atoms with Gasteiger partial charge >= 0.3 is 12.1 Å². The second-order valence-corrected chi connectivity index (χ2v) is 10.3. The second-order valence-electron chi connectivity index (χ2n) is 10.3. The van der Waals surface area contributed by atoms with E-state index in [0.29, 0.717) is 59.2 Å². The number of fused-ring (bicyclic) bond motifs is 1. The molecule has 3 saturated carbocycles. The molecule has 10 nitrogen and oxygen atoms in total. The van der Waals surface area contributed by atoms with Gasteiger partial charge in [-0.25, -0.2) is 14.5 Å². The highest BCUT2D eigenvalue weighted by atomic mass is 16.6. The minimum absolute atomic E-state index is 0.0485. The molecule has 2 aromatic heterocycles. The molecule has 2 heterocycles. The molecule has 188 valence electrons. The van der Waals surface area contributed by atoms with Gasteiger partial charge in [0.1, 0.15) is 23.7 Å². The molecule has 0 aromatic carbocycles. The molecule has 3 fully saturated rings. The van der Waals surface area contributed by atoms with E-state index in [4.69, 9.17) is 9.47 Å². The van der Waals surface area contributed by atoms with Crippen molar-refractivity contribution < 1.29 is 24.2 Å². The van der Waals surface area contributed by atoms with E-state index in [1.807, 2.05) is 19.1 Å². The minimum atomic E-state index is -0.721. The number of aryl methyl sites for hydroxylation is 2. The Hall–Kier alpha value is -3.17. The molecule has 0 aliphatic heterocycles. The third-order valence-electron chi connectivity index (χ3n) is 7.81. The van der Waals surface area contributed by atoms with E-state index in [-0.39, 0.29) is 24.7 Å². The molecule has 1 N–H and O–H groups in total. The number of carbonyl (C=O) groups excluding carboxylic acids is 1. The van der Waals surface area contributed by atoms with Gasteiger partial charge in [0.05, 0.1) is 23.4 Å². The summed E-state index contributed by atoms with van der Waals surface area (Å²) < 4.78 is 13.3. The summed E-state index contributed by atoms with van der Waals surface area (Å²) in [5, 5.41) is 17.9. The van der Waals surface area contributed by atoms with Crippen LogP contribution in [-0.2, 0) is 23.2 Å². The van der Waals surface area contributed by atoms with Crippen LogP contribution in [0, 0.1) is 30.6 Å². The standard InChI is InChI=1S/C25H33N5O5/c1-14-22(35-17-9-16-10-18(16)19(11-17)24(31)32)8-7-20(26-14)23-21(30(3)28-27-23)13-34-25(33)29(2)12-15-5-4-6-15/h7-8,15-19H,4-6,9-13H2,1-3H3,(H,31,32)/t16-,17+,18+,19+/m1/s1. The number of ether oxygens (including phenoxy) is 2. The predicted molar refractivity (Wildman–Crippen MR) is 125 cm³/mol. The van der Waals surface area contributed by atoms with E-state index in [0.717, 1.165) is 12.8 Å². The molecule has 3 aliphatic carbocycles. The number of aliphatic carboxylic acids is 1. The molecule has 0 unspecified atom stereocenters. The van der Waals surface area contributed by atoms with Gasteiger partial charge in [-0.05, 0) is 68.9 Å². The van der Waals surface area contributed by atoms with Gasteiger partial charge in [-0.1, -0.05) is 11.6 Å². The molecule has 4 atom stereocenters. The number of hydrogen-bond acceptors (Lipinski definition) is 7. The van der Waals surface area contributed by atoms with Gasteiger partial charge in [0.25, 0.3) is 0 Å². The highest BCUT2D eigenvalue weighted by Crippen LogP contribution is 2.53. The molecule has 0 bridgehead atoms. The molecule has 3 aliphatic rings. The summed E-state index contributed by atoms with van der Waals surface area (Å²) in [5.41, 5.74) is 2.53. The molecular weight excluding hydrogens is 450 g/mol. The number of pyridine rings is 1. The molecule has 1 amide bonds. The van der Waals surface area contributed by atoms with Gasteiger partial charge in [-0.15, -0.1) is 5.10 Å². The summed E-state index contributed by atoms with van der Waals surface area (Å²) in [6.45, 7) is 2.63. The van der Waals surface area contributed by atoms with E-state index in [2.05, 4.69) is 15.3 Å². The molecule has 0 spiro atoms. The number of rotatable bonds is 8. The van der Waals surface area contributed by atoms with Crippen LogP contribution in [0.4, 0.5) is 4.79 Å². The van der Waals surface area contributed by atoms with Crippen LogP contribution in [-0.4, -0.2) is 61.7 Å². The molecule has 0 saturated heterocycles. The summed E-state index contributed by atoms with van der Waals surface area (Å²) in [7, 11) is 3.52. The Bertz CT molecular complexity index is 1110. The van der Waals surface area contributed by atoms with Crippen molar-refractivity contribution in [1.29, 1.82) is 0 Å². The number of amides is 1. The van der Waals surface area contributed by atoms with Crippen molar-refractivity contribution in [3.05, 3.63) is 23.5 Å². The minimum Gasteiger partial charge on any atom is -0.488 e. The smallest absolute Gasteiger partial charge is 0.409 e. The van der Waals surface area contributed by atoms with Crippen LogP contribution >= 0.6 is 0 Å². The van der Waals surface area contributed by atoms with Crippen molar-refractivity contribution in [2.45, 2.75) is 58.2 Å². The van der Waals surface area contributed by atoms with Crippen molar-refractivity contribution in [1.82, 2.24) is 24.9 Å². The Kier molecular flexibility index (Phi) is 6.37. The fraction of sp³-hybridized carbons (Fsp3) is 0.640. The van der Waals surface area contributed by atoms with Crippen LogP contribution in [0.5, 0.6) is 5.75 Å². The Morgan fingerprint density at radius 2 is 2.03 bits per heavy atom. The molecule has 10 heteroatoms. The number of nitrogens with zero attached hydrogens (tertiary/aromatic N) is 5. The number of carbonyl (C=O) groups is 2. The van der Waals surface area contributed by atoms with Crippen LogP contribution in [0.3, 0.4) is 0 Å². The molecule has 5 rings (SSSR count). The van der Waals surface area contributed by atoms with E-state index in [1.54, 1.807) is 23.7 Å². The van der Waals surface area contributed by atoms with Gasteiger partial charge < -0.3 is 19.5 Å². The SMILES string of the molecule is Cc1nc(-c2nnn(C)c2COC(=O)N(C)CC2CCC2)ccc1O[C@H]1C[C@@H]2C[C@@H]2[C@@H](C(=O)O)C1. The van der Waals surface area contributed by atoms with Crippen molar-refractivity contribution in [2.75, 3.05) is 13.6 Å². The molecule has 2 aromatic rings. The van der Waals surface area contributed by atoms with E-state index in [9.17, 15) is 14.7 Å². The quantitative estimate of drug-likeness (QED) is 0.606. The monoisotopic (exact) mass is 483 g/mol. The van der Waals surface area contributed by atoms with Crippen LogP contribution < -0.4 is 4.74 Å². The first-order valence-corrected chi connectivity index (χ1v) is 12.4. The van der Waals surface area contributed by atoms with Crippen molar-refractivity contribution in [2.24, 2.45) is 30.7 Å². The van der Waals surface area contributed by atoms with Gasteiger partial charge in [0.2, 0.25) is 0 Å². The summed E-state index contributed by atoms with van der Waals surface area (Å²) >= 11 is 0. The van der Waals surface area contributed by atoms with Crippen molar-refractivity contribution in [3.63, 3.8) is 0 Å². The highest BCUT2D eigenvalue weighted by molar-refractivity contribution is 5.71. The van der Waals surface area contributed by atoms with E-state index < -0.39 is 5.97 Å².